The number of carboxylic acids is 2. The van der Waals surface area contributed by atoms with Crippen LogP contribution in [-0.4, -0.2) is 34.7 Å². The summed E-state index contributed by atoms with van der Waals surface area (Å²) in [6.45, 7) is 2.43. The summed E-state index contributed by atoms with van der Waals surface area (Å²) in [5.41, 5.74) is 2.25. The van der Waals surface area contributed by atoms with Crippen LogP contribution in [0.1, 0.15) is 17.5 Å². The molecule has 3 N–H and O–H groups in total. The Morgan fingerprint density at radius 1 is 1.33 bits per heavy atom. The van der Waals surface area contributed by atoms with Gasteiger partial charge in [-0.3, -0.25) is 9.59 Å². The standard InChI is InChI=1S/C13H17NO4/c1-9-3-2-4-10(7-9)5-6-14-11(13(17)18)8-12(15)16/h2-4,7,11,14H,5-6,8H2,1H3,(H,15,16)(H,17,18). The second-order valence-electron chi connectivity index (χ2n) is 4.18. The van der Waals surface area contributed by atoms with Gasteiger partial charge >= 0.3 is 11.9 Å². The Balaban J connectivity index is 2.43. The molecule has 0 bridgehead atoms. The lowest BCUT2D eigenvalue weighted by Crippen LogP contribution is -2.39. The molecule has 0 heterocycles. The summed E-state index contributed by atoms with van der Waals surface area (Å²) in [4.78, 5) is 21.3. The highest BCUT2D eigenvalue weighted by Gasteiger charge is 2.19. The molecule has 1 rings (SSSR count). The Hall–Kier alpha value is -1.88. The van der Waals surface area contributed by atoms with Gasteiger partial charge in [-0.1, -0.05) is 29.8 Å². The number of nitrogens with one attached hydrogen (secondary N) is 1. The van der Waals surface area contributed by atoms with Crippen LogP contribution in [0.15, 0.2) is 24.3 Å². The quantitative estimate of drug-likeness (QED) is 0.674. The van der Waals surface area contributed by atoms with Crippen LogP contribution in [0, 0.1) is 6.92 Å². The smallest absolute Gasteiger partial charge is 0.321 e. The van der Waals surface area contributed by atoms with Gasteiger partial charge in [0.15, 0.2) is 0 Å². The molecule has 0 aliphatic carbocycles. The lowest BCUT2D eigenvalue weighted by Gasteiger charge is -2.12. The molecule has 0 saturated heterocycles. The third-order valence-corrected chi connectivity index (χ3v) is 2.56. The zero-order valence-corrected chi connectivity index (χ0v) is 10.2. The largest absolute Gasteiger partial charge is 0.481 e. The van der Waals surface area contributed by atoms with E-state index in [0.29, 0.717) is 13.0 Å². The lowest BCUT2D eigenvalue weighted by atomic mass is 10.1. The molecule has 0 spiro atoms. The van der Waals surface area contributed by atoms with Crippen LogP contribution in [0.25, 0.3) is 0 Å². The molecule has 18 heavy (non-hydrogen) atoms. The summed E-state index contributed by atoms with van der Waals surface area (Å²) in [6, 6.07) is 6.88. The molecule has 5 nitrogen and oxygen atoms in total. The summed E-state index contributed by atoms with van der Waals surface area (Å²) in [5.74, 6) is -2.26. The van der Waals surface area contributed by atoms with Crippen LogP contribution < -0.4 is 5.32 Å². The van der Waals surface area contributed by atoms with Gasteiger partial charge in [-0.15, -0.1) is 0 Å². The second kappa shape index (κ2) is 6.76. The predicted octanol–water partition coefficient (Wildman–Crippen LogP) is 1.06. The minimum absolute atomic E-state index is 0.414. The van der Waals surface area contributed by atoms with Crippen LogP contribution in [-0.2, 0) is 16.0 Å². The average Bonchev–Trinajstić information content (AvgIpc) is 2.27. The molecule has 0 aliphatic heterocycles. The molecule has 0 aromatic heterocycles. The van der Waals surface area contributed by atoms with Gasteiger partial charge in [0.2, 0.25) is 0 Å². The molecule has 0 amide bonds. The number of aryl methyl sites for hydroxylation is 1. The zero-order chi connectivity index (χ0) is 13.5. The monoisotopic (exact) mass is 251 g/mol. The molecule has 0 saturated carbocycles. The predicted molar refractivity (Wildman–Crippen MR) is 66.6 cm³/mol. The minimum atomic E-state index is -1.14. The first-order valence-electron chi connectivity index (χ1n) is 5.72. The van der Waals surface area contributed by atoms with E-state index in [2.05, 4.69) is 5.32 Å². The Morgan fingerprint density at radius 2 is 2.06 bits per heavy atom. The summed E-state index contributed by atoms with van der Waals surface area (Å²) in [6.07, 6.45) is 0.258. The van der Waals surface area contributed by atoms with Gasteiger partial charge in [-0.2, -0.15) is 0 Å². The summed E-state index contributed by atoms with van der Waals surface area (Å²) < 4.78 is 0. The maximum atomic E-state index is 10.8. The molecule has 1 unspecified atom stereocenters. The second-order valence-corrected chi connectivity index (χ2v) is 4.18. The van der Waals surface area contributed by atoms with Gasteiger partial charge in [0.25, 0.3) is 0 Å². The van der Waals surface area contributed by atoms with Crippen molar-refractivity contribution < 1.29 is 19.8 Å². The maximum Gasteiger partial charge on any atom is 0.321 e. The van der Waals surface area contributed by atoms with E-state index < -0.39 is 24.4 Å². The average molecular weight is 251 g/mol. The number of hydrogen-bond donors (Lipinski definition) is 3. The van der Waals surface area contributed by atoms with Gasteiger partial charge < -0.3 is 15.5 Å². The lowest BCUT2D eigenvalue weighted by molar-refractivity contribution is -0.145. The third kappa shape index (κ3) is 4.97. The first kappa shape index (κ1) is 14.2. The number of aliphatic carboxylic acids is 2. The fourth-order valence-electron chi connectivity index (χ4n) is 1.68. The van der Waals surface area contributed by atoms with Crippen LogP contribution in [0.5, 0.6) is 0 Å². The van der Waals surface area contributed by atoms with E-state index >= 15 is 0 Å². The van der Waals surface area contributed by atoms with Crippen molar-refractivity contribution in [2.75, 3.05) is 6.54 Å². The highest BCUT2D eigenvalue weighted by atomic mass is 16.4. The van der Waals surface area contributed by atoms with E-state index in [9.17, 15) is 9.59 Å². The molecule has 1 aromatic rings. The first-order valence-corrected chi connectivity index (χ1v) is 5.72. The van der Waals surface area contributed by atoms with E-state index in [4.69, 9.17) is 10.2 Å². The summed E-state index contributed by atoms with van der Waals surface area (Å²) in [5, 5.41) is 20.2. The molecule has 5 heteroatoms. The molecule has 98 valence electrons. The third-order valence-electron chi connectivity index (χ3n) is 2.56. The number of carboxylic acid groups (broad SMARTS) is 2. The fraction of sp³-hybridized carbons (Fsp3) is 0.385. The first-order chi connectivity index (χ1) is 8.49. The summed E-state index contributed by atoms with van der Waals surface area (Å²) >= 11 is 0. The van der Waals surface area contributed by atoms with E-state index in [1.54, 1.807) is 0 Å². The van der Waals surface area contributed by atoms with E-state index in [0.717, 1.165) is 11.1 Å². The molecular formula is C13H17NO4. The minimum Gasteiger partial charge on any atom is -0.481 e. The molecule has 0 fully saturated rings. The van der Waals surface area contributed by atoms with Crippen LogP contribution >= 0.6 is 0 Å². The fourth-order valence-corrected chi connectivity index (χ4v) is 1.68. The molecular weight excluding hydrogens is 234 g/mol. The summed E-state index contributed by atoms with van der Waals surface area (Å²) in [7, 11) is 0. The van der Waals surface area contributed by atoms with Gasteiger partial charge in [0, 0.05) is 0 Å². The van der Waals surface area contributed by atoms with Crippen LogP contribution in [0.4, 0.5) is 0 Å². The van der Waals surface area contributed by atoms with Crippen molar-refractivity contribution in [2.45, 2.75) is 25.8 Å². The molecule has 1 aromatic carbocycles. The van der Waals surface area contributed by atoms with Crippen LogP contribution in [0.2, 0.25) is 0 Å². The van der Waals surface area contributed by atoms with Gasteiger partial charge in [-0.25, -0.2) is 0 Å². The van der Waals surface area contributed by atoms with Gasteiger partial charge in [-0.05, 0) is 25.5 Å². The van der Waals surface area contributed by atoms with E-state index in [-0.39, 0.29) is 0 Å². The Labute approximate surface area is 105 Å². The number of hydrogen-bond acceptors (Lipinski definition) is 3. The Bertz CT molecular complexity index is 431. The van der Waals surface area contributed by atoms with Crippen LogP contribution in [0.3, 0.4) is 0 Å². The Morgan fingerprint density at radius 3 is 2.61 bits per heavy atom. The van der Waals surface area contributed by atoms with Gasteiger partial charge in [0.1, 0.15) is 6.04 Å². The molecule has 0 aliphatic rings. The van der Waals surface area contributed by atoms with Crippen molar-refractivity contribution in [3.8, 4) is 0 Å². The Kier molecular flexibility index (Phi) is 5.32. The van der Waals surface area contributed by atoms with Gasteiger partial charge in [0.05, 0.1) is 6.42 Å². The van der Waals surface area contributed by atoms with Crippen molar-refractivity contribution in [3.05, 3.63) is 35.4 Å². The van der Waals surface area contributed by atoms with Crippen molar-refractivity contribution in [1.29, 1.82) is 0 Å². The highest BCUT2D eigenvalue weighted by Crippen LogP contribution is 2.04. The number of benzene rings is 1. The van der Waals surface area contributed by atoms with E-state index in [1.807, 2.05) is 31.2 Å². The topological polar surface area (TPSA) is 86.6 Å². The molecule has 1 atom stereocenters. The normalized spacial score (nSPS) is 12.1. The molecule has 0 radical (unpaired) electrons. The maximum absolute atomic E-state index is 10.8. The highest BCUT2D eigenvalue weighted by molar-refractivity contribution is 5.80. The van der Waals surface area contributed by atoms with Crippen molar-refractivity contribution in [3.63, 3.8) is 0 Å². The zero-order valence-electron chi connectivity index (χ0n) is 10.2. The number of rotatable bonds is 7. The van der Waals surface area contributed by atoms with Crippen molar-refractivity contribution in [2.24, 2.45) is 0 Å². The SMILES string of the molecule is Cc1cccc(CCNC(CC(=O)O)C(=O)O)c1. The number of carbonyl (C=O) groups is 2. The van der Waals surface area contributed by atoms with Crippen molar-refractivity contribution in [1.82, 2.24) is 5.32 Å². The van der Waals surface area contributed by atoms with E-state index in [1.165, 1.54) is 0 Å². The van der Waals surface area contributed by atoms with Crippen molar-refractivity contribution >= 4 is 11.9 Å².